The van der Waals surface area contributed by atoms with Crippen molar-refractivity contribution in [1.82, 2.24) is 0 Å². The number of anilines is 6. The van der Waals surface area contributed by atoms with E-state index in [0.29, 0.717) is 0 Å². The molecular formula is C54H40N2OSi. The molecule has 0 unspecified atom stereocenters. The minimum Gasteiger partial charge on any atom is -0.456 e. The lowest BCUT2D eigenvalue weighted by Crippen LogP contribution is -2.75. The summed E-state index contributed by atoms with van der Waals surface area (Å²) in [6.45, 7) is 0. The highest BCUT2D eigenvalue weighted by atomic mass is 28.3. The summed E-state index contributed by atoms with van der Waals surface area (Å²) in [6.07, 6.45) is 0. The van der Waals surface area contributed by atoms with Crippen LogP contribution in [-0.2, 0) is 0 Å². The van der Waals surface area contributed by atoms with Gasteiger partial charge in [-0.15, -0.1) is 0 Å². The molecule has 0 saturated heterocycles. The second kappa shape index (κ2) is 15.3. The van der Waals surface area contributed by atoms with Crippen LogP contribution in [0.15, 0.2) is 247 Å². The van der Waals surface area contributed by atoms with Crippen LogP contribution in [0.1, 0.15) is 0 Å². The van der Waals surface area contributed by atoms with Crippen LogP contribution in [0.3, 0.4) is 0 Å². The van der Waals surface area contributed by atoms with Gasteiger partial charge in [0.25, 0.3) is 0 Å². The SMILES string of the molecule is c1ccc(N(c2cccc([Si](c3ccccc3)(c3ccccc3)c3ccccc3N(c3ccccc3)c3ccccc3)c2)c2ccc3oc4ccccc4c3c2)cc1. The van der Waals surface area contributed by atoms with Gasteiger partial charge in [-0.25, -0.2) is 0 Å². The maximum absolute atomic E-state index is 6.29. The highest BCUT2D eigenvalue weighted by molar-refractivity contribution is 7.20. The van der Waals surface area contributed by atoms with E-state index in [0.717, 1.165) is 56.1 Å². The Hall–Kier alpha value is -7.40. The van der Waals surface area contributed by atoms with Gasteiger partial charge < -0.3 is 14.2 Å². The summed E-state index contributed by atoms with van der Waals surface area (Å²) in [4.78, 5) is 4.81. The van der Waals surface area contributed by atoms with Crippen molar-refractivity contribution in [1.29, 1.82) is 0 Å². The fourth-order valence-electron chi connectivity index (χ4n) is 8.67. The smallest absolute Gasteiger partial charge is 0.181 e. The molecule has 276 valence electrons. The van der Waals surface area contributed by atoms with Crippen LogP contribution in [0.25, 0.3) is 21.9 Å². The van der Waals surface area contributed by atoms with Gasteiger partial charge in [-0.3, -0.25) is 0 Å². The van der Waals surface area contributed by atoms with Crippen molar-refractivity contribution in [2.75, 3.05) is 9.80 Å². The average Bonchev–Trinajstić information content (AvgIpc) is 3.68. The van der Waals surface area contributed by atoms with Crippen molar-refractivity contribution in [2.24, 2.45) is 0 Å². The van der Waals surface area contributed by atoms with Crippen molar-refractivity contribution in [3.8, 4) is 0 Å². The zero-order chi connectivity index (χ0) is 38.7. The van der Waals surface area contributed by atoms with E-state index >= 15 is 0 Å². The van der Waals surface area contributed by atoms with Crippen molar-refractivity contribution in [2.45, 2.75) is 0 Å². The zero-order valence-corrected chi connectivity index (χ0v) is 32.9. The van der Waals surface area contributed by atoms with E-state index in [2.05, 4.69) is 240 Å². The monoisotopic (exact) mass is 760 g/mol. The third-order valence-electron chi connectivity index (χ3n) is 11.2. The number of rotatable bonds is 10. The first kappa shape index (κ1) is 35.0. The molecule has 0 saturated carbocycles. The molecule has 0 spiro atoms. The Morgan fingerprint density at radius 3 is 1.36 bits per heavy atom. The first-order valence-electron chi connectivity index (χ1n) is 19.8. The Morgan fingerprint density at radius 1 is 0.293 bits per heavy atom. The largest absolute Gasteiger partial charge is 0.456 e. The van der Waals surface area contributed by atoms with Gasteiger partial charge in [0, 0.05) is 44.9 Å². The van der Waals surface area contributed by atoms with Crippen LogP contribution in [-0.4, -0.2) is 8.07 Å². The molecular weight excluding hydrogens is 721 g/mol. The Kier molecular flexibility index (Phi) is 9.22. The van der Waals surface area contributed by atoms with Crippen molar-refractivity contribution < 1.29 is 4.42 Å². The number of nitrogens with zero attached hydrogens (tertiary/aromatic N) is 2. The molecule has 9 aromatic carbocycles. The highest BCUT2D eigenvalue weighted by Gasteiger charge is 2.44. The summed E-state index contributed by atoms with van der Waals surface area (Å²) in [5, 5.41) is 7.41. The number of hydrogen-bond acceptors (Lipinski definition) is 3. The molecule has 4 heteroatoms. The van der Waals surface area contributed by atoms with Gasteiger partial charge in [0.2, 0.25) is 0 Å². The Bertz CT molecular complexity index is 2870. The van der Waals surface area contributed by atoms with Crippen LogP contribution in [0.2, 0.25) is 0 Å². The van der Waals surface area contributed by atoms with Gasteiger partial charge in [-0.05, 0) is 99.6 Å². The second-order valence-electron chi connectivity index (χ2n) is 14.5. The van der Waals surface area contributed by atoms with E-state index in [4.69, 9.17) is 4.42 Å². The van der Waals surface area contributed by atoms with Gasteiger partial charge in [0.15, 0.2) is 8.07 Å². The molecule has 0 fully saturated rings. The molecule has 3 nitrogen and oxygen atoms in total. The lowest BCUT2D eigenvalue weighted by molar-refractivity contribution is 0.669. The molecule has 58 heavy (non-hydrogen) atoms. The van der Waals surface area contributed by atoms with Gasteiger partial charge in [-0.1, -0.05) is 164 Å². The molecule has 0 N–H and O–H groups in total. The minimum atomic E-state index is -3.10. The van der Waals surface area contributed by atoms with Gasteiger partial charge in [-0.2, -0.15) is 0 Å². The fraction of sp³-hybridized carbons (Fsp3) is 0. The lowest BCUT2D eigenvalue weighted by Gasteiger charge is -2.39. The Morgan fingerprint density at radius 2 is 0.741 bits per heavy atom. The number of furan rings is 1. The Labute approximate surface area is 340 Å². The van der Waals surface area contributed by atoms with Crippen molar-refractivity contribution >= 4 is 84.9 Å². The number of hydrogen-bond donors (Lipinski definition) is 0. The van der Waals surface area contributed by atoms with Gasteiger partial charge in [0.05, 0.1) is 0 Å². The molecule has 0 aliphatic carbocycles. The van der Waals surface area contributed by atoms with E-state index in [1.165, 1.54) is 20.7 Å². The summed E-state index contributed by atoms with van der Waals surface area (Å²) < 4.78 is 6.29. The van der Waals surface area contributed by atoms with Crippen LogP contribution < -0.4 is 30.5 Å². The molecule has 1 heterocycles. The summed E-state index contributed by atoms with van der Waals surface area (Å²) in [6, 6.07) is 87.8. The van der Waals surface area contributed by atoms with Crippen molar-refractivity contribution in [3.63, 3.8) is 0 Å². The van der Waals surface area contributed by atoms with Gasteiger partial charge in [0.1, 0.15) is 11.2 Å². The molecule has 0 amide bonds. The van der Waals surface area contributed by atoms with E-state index < -0.39 is 8.07 Å². The quantitative estimate of drug-likeness (QED) is 0.102. The van der Waals surface area contributed by atoms with E-state index in [-0.39, 0.29) is 0 Å². The third-order valence-corrected chi connectivity index (χ3v) is 16.0. The molecule has 0 aliphatic rings. The number of fused-ring (bicyclic) bond motifs is 3. The van der Waals surface area contributed by atoms with E-state index in [1.807, 2.05) is 12.1 Å². The maximum Gasteiger partial charge on any atom is 0.181 e. The third kappa shape index (κ3) is 6.17. The first-order chi connectivity index (χ1) is 28.8. The molecule has 0 aliphatic heterocycles. The second-order valence-corrected chi connectivity index (χ2v) is 18.3. The number of benzene rings is 9. The summed E-state index contributed by atoms with van der Waals surface area (Å²) in [7, 11) is -3.10. The fourth-order valence-corrected chi connectivity index (χ4v) is 13.6. The molecule has 10 aromatic rings. The predicted octanol–water partition coefficient (Wildman–Crippen LogP) is 11.9. The first-order valence-corrected chi connectivity index (χ1v) is 21.8. The summed E-state index contributed by atoms with van der Waals surface area (Å²) >= 11 is 0. The average molecular weight is 761 g/mol. The van der Waals surface area contributed by atoms with Crippen LogP contribution in [0.4, 0.5) is 34.1 Å². The molecule has 0 bridgehead atoms. The predicted molar refractivity (Wildman–Crippen MR) is 247 cm³/mol. The van der Waals surface area contributed by atoms with E-state index in [1.54, 1.807) is 0 Å². The standard InChI is InChI=1S/C54H40N2OSi/c1-6-21-41(22-7-1)55(45-37-38-53-50(40-45)49-33-16-18-35-52(49)57-53)44-27-20-32-48(39-44)58(46-28-12-4-13-29-46,47-30-14-5-15-31-47)54-36-19-17-34-51(54)56(42-23-8-2-9-24-42)43-25-10-3-11-26-43/h1-40H. The topological polar surface area (TPSA) is 19.6 Å². The van der Waals surface area contributed by atoms with E-state index in [9.17, 15) is 0 Å². The number of para-hydroxylation sites is 5. The normalized spacial score (nSPS) is 11.4. The van der Waals surface area contributed by atoms with Gasteiger partial charge >= 0.3 is 0 Å². The molecule has 10 rings (SSSR count). The molecule has 1 aromatic heterocycles. The van der Waals surface area contributed by atoms with Crippen molar-refractivity contribution in [3.05, 3.63) is 243 Å². The minimum absolute atomic E-state index is 0.879. The van der Waals surface area contributed by atoms with Crippen LogP contribution >= 0.6 is 0 Å². The molecule has 0 radical (unpaired) electrons. The maximum atomic E-state index is 6.29. The summed E-state index contributed by atoms with van der Waals surface area (Å²) in [5.74, 6) is 0. The molecule has 0 atom stereocenters. The van der Waals surface area contributed by atoms with Crippen LogP contribution in [0, 0.1) is 0 Å². The van der Waals surface area contributed by atoms with Crippen LogP contribution in [0.5, 0.6) is 0 Å². The highest BCUT2D eigenvalue weighted by Crippen LogP contribution is 2.39. The summed E-state index contributed by atoms with van der Waals surface area (Å²) in [5.41, 5.74) is 8.37. The Balaban J connectivity index is 1.26. The zero-order valence-electron chi connectivity index (χ0n) is 31.9. The lowest BCUT2D eigenvalue weighted by atomic mass is 10.1.